The van der Waals surface area contributed by atoms with Crippen LogP contribution in [-0.2, 0) is 15.6 Å². The fraction of sp³-hybridized carbons (Fsp3) is 0.364. The lowest BCUT2D eigenvalue weighted by molar-refractivity contribution is -0.115. The number of anilines is 2. The number of nitrogens with two attached hydrogens (primary N) is 1. The zero-order chi connectivity index (χ0) is 12.0. The van der Waals surface area contributed by atoms with Gasteiger partial charge in [-0.1, -0.05) is 19.1 Å². The van der Waals surface area contributed by atoms with Gasteiger partial charge in [-0.3, -0.25) is 9.00 Å². The molecule has 0 spiro atoms. The number of benzene rings is 1. The summed E-state index contributed by atoms with van der Waals surface area (Å²) in [5.41, 5.74) is 6.82. The highest BCUT2D eigenvalue weighted by molar-refractivity contribution is 7.84. The van der Waals surface area contributed by atoms with Crippen LogP contribution in [0.5, 0.6) is 0 Å². The van der Waals surface area contributed by atoms with Crippen LogP contribution in [-0.4, -0.2) is 21.6 Å². The van der Waals surface area contributed by atoms with E-state index in [4.69, 9.17) is 5.73 Å². The Morgan fingerprint density at radius 3 is 2.75 bits per heavy atom. The molecule has 1 aromatic rings. The summed E-state index contributed by atoms with van der Waals surface area (Å²) in [5, 5.41) is 2.69. The molecule has 0 aliphatic rings. The van der Waals surface area contributed by atoms with Crippen LogP contribution in [0.4, 0.5) is 11.4 Å². The highest BCUT2D eigenvalue weighted by Crippen LogP contribution is 2.16. The Morgan fingerprint density at radius 1 is 1.44 bits per heavy atom. The fourth-order valence-corrected chi connectivity index (χ4v) is 1.88. The van der Waals surface area contributed by atoms with Gasteiger partial charge >= 0.3 is 0 Å². The number of amides is 1. The number of rotatable bonds is 5. The standard InChI is InChI=1S/C11H16N2O2S/c1-2-16(15)8-7-11(14)13-10-6-4-3-5-9(10)12/h3-6H,2,7-8,12H2,1H3,(H,13,14). The van der Waals surface area contributed by atoms with E-state index in [2.05, 4.69) is 5.32 Å². The molecule has 0 bridgehead atoms. The van der Waals surface area contributed by atoms with Crippen LogP contribution < -0.4 is 11.1 Å². The number of carbonyl (C=O) groups excluding carboxylic acids is 1. The van der Waals surface area contributed by atoms with E-state index < -0.39 is 10.8 Å². The Morgan fingerprint density at radius 2 is 2.12 bits per heavy atom. The highest BCUT2D eigenvalue weighted by atomic mass is 32.2. The summed E-state index contributed by atoms with van der Waals surface area (Å²) in [6.45, 7) is 1.84. The predicted octanol–water partition coefficient (Wildman–Crippen LogP) is 1.37. The molecule has 16 heavy (non-hydrogen) atoms. The molecule has 1 rings (SSSR count). The van der Waals surface area contributed by atoms with Crippen molar-refractivity contribution < 1.29 is 9.00 Å². The van der Waals surface area contributed by atoms with E-state index in [1.54, 1.807) is 24.3 Å². The average Bonchev–Trinajstić information content (AvgIpc) is 2.29. The molecule has 0 heterocycles. The van der Waals surface area contributed by atoms with E-state index in [1.165, 1.54) is 0 Å². The predicted molar refractivity (Wildman–Crippen MR) is 67.7 cm³/mol. The fourth-order valence-electron chi connectivity index (χ4n) is 1.17. The van der Waals surface area contributed by atoms with Crippen molar-refractivity contribution in [1.82, 2.24) is 0 Å². The molecule has 3 N–H and O–H groups in total. The summed E-state index contributed by atoms with van der Waals surface area (Å²) >= 11 is 0. The van der Waals surface area contributed by atoms with E-state index in [1.807, 2.05) is 6.92 Å². The molecule has 1 atom stereocenters. The first kappa shape index (κ1) is 12.7. The van der Waals surface area contributed by atoms with Crippen molar-refractivity contribution in [2.45, 2.75) is 13.3 Å². The van der Waals surface area contributed by atoms with Crippen LogP contribution in [0.1, 0.15) is 13.3 Å². The second-order valence-corrected chi connectivity index (χ2v) is 5.18. The van der Waals surface area contributed by atoms with Gasteiger partial charge in [-0.2, -0.15) is 0 Å². The number of hydrogen-bond acceptors (Lipinski definition) is 3. The SMILES string of the molecule is CCS(=O)CCC(=O)Nc1ccccc1N. The van der Waals surface area contributed by atoms with Gasteiger partial charge in [0.25, 0.3) is 0 Å². The Kier molecular flexibility index (Phi) is 4.98. The summed E-state index contributed by atoms with van der Waals surface area (Å²) in [4.78, 5) is 11.5. The van der Waals surface area contributed by atoms with Gasteiger partial charge in [-0.15, -0.1) is 0 Å². The van der Waals surface area contributed by atoms with Crippen LogP contribution in [0.3, 0.4) is 0 Å². The number of carbonyl (C=O) groups is 1. The van der Waals surface area contributed by atoms with E-state index in [9.17, 15) is 9.00 Å². The first-order chi connectivity index (χ1) is 7.63. The minimum atomic E-state index is -0.903. The van der Waals surface area contributed by atoms with E-state index in [0.717, 1.165) is 0 Å². The third-order valence-corrected chi connectivity index (χ3v) is 3.42. The molecule has 0 radical (unpaired) electrons. The molecule has 0 aliphatic heterocycles. The third-order valence-electron chi connectivity index (χ3n) is 2.11. The van der Waals surface area contributed by atoms with Crippen molar-refractivity contribution in [1.29, 1.82) is 0 Å². The molecule has 1 aromatic carbocycles. The first-order valence-corrected chi connectivity index (χ1v) is 6.61. The second-order valence-electron chi connectivity index (χ2n) is 3.32. The maximum absolute atomic E-state index is 11.5. The summed E-state index contributed by atoms with van der Waals surface area (Å²) in [6.07, 6.45) is 0.259. The number of para-hydroxylation sites is 2. The van der Waals surface area contributed by atoms with Crippen molar-refractivity contribution in [3.05, 3.63) is 24.3 Å². The topological polar surface area (TPSA) is 72.2 Å². The third kappa shape index (κ3) is 4.02. The summed E-state index contributed by atoms with van der Waals surface area (Å²) in [5.74, 6) is 0.829. The van der Waals surface area contributed by atoms with Crippen molar-refractivity contribution in [3.63, 3.8) is 0 Å². The Labute approximate surface area is 97.7 Å². The molecular weight excluding hydrogens is 224 g/mol. The maximum Gasteiger partial charge on any atom is 0.225 e. The minimum absolute atomic E-state index is 0.153. The molecule has 0 aromatic heterocycles. The quantitative estimate of drug-likeness (QED) is 0.763. The van der Waals surface area contributed by atoms with E-state index in [0.29, 0.717) is 22.9 Å². The summed E-state index contributed by atoms with van der Waals surface area (Å²) in [7, 11) is -0.903. The zero-order valence-electron chi connectivity index (χ0n) is 9.23. The van der Waals surface area contributed by atoms with Gasteiger partial charge in [-0.25, -0.2) is 0 Å². The molecule has 0 saturated heterocycles. The van der Waals surface area contributed by atoms with Crippen LogP contribution in [0.15, 0.2) is 24.3 Å². The lowest BCUT2D eigenvalue weighted by Gasteiger charge is -2.07. The molecule has 1 unspecified atom stereocenters. The van der Waals surface area contributed by atoms with Gasteiger partial charge in [0.1, 0.15) is 0 Å². The Hall–Kier alpha value is -1.36. The first-order valence-electron chi connectivity index (χ1n) is 5.12. The van der Waals surface area contributed by atoms with Gasteiger partial charge < -0.3 is 11.1 Å². The monoisotopic (exact) mass is 240 g/mol. The number of nitrogen functional groups attached to an aromatic ring is 1. The molecule has 4 nitrogen and oxygen atoms in total. The van der Waals surface area contributed by atoms with Gasteiger partial charge in [0, 0.05) is 28.7 Å². The normalized spacial score (nSPS) is 12.1. The molecule has 0 saturated carbocycles. The van der Waals surface area contributed by atoms with Crippen molar-refractivity contribution in [2.75, 3.05) is 22.6 Å². The lowest BCUT2D eigenvalue weighted by atomic mass is 10.2. The minimum Gasteiger partial charge on any atom is -0.397 e. The van der Waals surface area contributed by atoms with E-state index >= 15 is 0 Å². The van der Waals surface area contributed by atoms with Crippen molar-refractivity contribution in [3.8, 4) is 0 Å². The second kappa shape index (κ2) is 6.27. The van der Waals surface area contributed by atoms with Crippen LogP contribution >= 0.6 is 0 Å². The average molecular weight is 240 g/mol. The van der Waals surface area contributed by atoms with Gasteiger partial charge in [0.2, 0.25) is 5.91 Å². The van der Waals surface area contributed by atoms with Gasteiger partial charge in [0.15, 0.2) is 0 Å². The molecule has 5 heteroatoms. The van der Waals surface area contributed by atoms with Crippen LogP contribution in [0.2, 0.25) is 0 Å². The molecule has 0 aliphatic carbocycles. The Bertz CT molecular complexity index is 393. The van der Waals surface area contributed by atoms with Crippen molar-refractivity contribution >= 4 is 28.1 Å². The highest BCUT2D eigenvalue weighted by Gasteiger charge is 2.06. The smallest absolute Gasteiger partial charge is 0.225 e. The molecule has 0 fully saturated rings. The summed E-state index contributed by atoms with van der Waals surface area (Å²) in [6, 6.07) is 7.07. The van der Waals surface area contributed by atoms with Gasteiger partial charge in [0.05, 0.1) is 11.4 Å². The van der Waals surface area contributed by atoms with Crippen LogP contribution in [0.25, 0.3) is 0 Å². The van der Waals surface area contributed by atoms with Crippen LogP contribution in [0, 0.1) is 0 Å². The molecular formula is C11H16N2O2S. The van der Waals surface area contributed by atoms with E-state index in [-0.39, 0.29) is 12.3 Å². The largest absolute Gasteiger partial charge is 0.397 e. The van der Waals surface area contributed by atoms with Crippen molar-refractivity contribution in [2.24, 2.45) is 0 Å². The zero-order valence-corrected chi connectivity index (χ0v) is 10.0. The molecule has 1 amide bonds. The summed E-state index contributed by atoms with van der Waals surface area (Å²) < 4.78 is 11.1. The maximum atomic E-state index is 11.5. The number of hydrogen-bond donors (Lipinski definition) is 2. The Balaban J connectivity index is 2.46. The lowest BCUT2D eigenvalue weighted by Crippen LogP contribution is -2.16. The van der Waals surface area contributed by atoms with Gasteiger partial charge in [-0.05, 0) is 12.1 Å². The molecule has 88 valence electrons. The number of nitrogens with one attached hydrogen (secondary N) is 1.